The van der Waals surface area contributed by atoms with Crippen molar-refractivity contribution >= 4 is 0 Å². The maximum atomic E-state index is 17.0. The molecule has 11 heteroatoms. The summed E-state index contributed by atoms with van der Waals surface area (Å²) in [6.45, 7) is 7.22. The summed E-state index contributed by atoms with van der Waals surface area (Å²) in [6, 6.07) is 49.7. The fourth-order valence-corrected chi connectivity index (χ4v) is 8.97. The van der Waals surface area contributed by atoms with Gasteiger partial charge in [0.15, 0.2) is 0 Å². The van der Waals surface area contributed by atoms with Crippen LogP contribution in [-0.4, -0.2) is 15.0 Å². The van der Waals surface area contributed by atoms with E-state index in [1.54, 1.807) is 76.4 Å². The van der Waals surface area contributed by atoms with E-state index in [1.165, 1.54) is 30.6 Å². The van der Waals surface area contributed by atoms with Crippen LogP contribution in [-0.2, 0) is 11.2 Å². The molecule has 0 aliphatic carbocycles. The average molecular weight is 990 g/mol. The smallest absolute Gasteiger partial charge is 0.135 e. The summed E-state index contributed by atoms with van der Waals surface area (Å²) >= 11 is 0. The van der Waals surface area contributed by atoms with Crippen LogP contribution in [0.25, 0.3) is 78.3 Å². The number of hydrogen-bond donors (Lipinski definition) is 0. The predicted octanol–water partition coefficient (Wildman–Crippen LogP) is 17.0. The maximum Gasteiger partial charge on any atom is 0.135 e. The molecule has 0 saturated carbocycles. The number of nitrogens with zero attached hydrogens (tertiary/aromatic N) is 3. The first-order chi connectivity index (χ1) is 35.6. The van der Waals surface area contributed by atoms with Gasteiger partial charge in [-0.1, -0.05) is 97.1 Å². The van der Waals surface area contributed by atoms with Gasteiger partial charge in [-0.15, -0.1) is 0 Å². The Bertz CT molecular complexity index is 3540. The zero-order valence-electron chi connectivity index (χ0n) is 40.5. The van der Waals surface area contributed by atoms with Crippen molar-refractivity contribution in [3.63, 3.8) is 0 Å². The maximum absolute atomic E-state index is 17.0. The molecule has 0 radical (unpaired) electrons. The van der Waals surface area contributed by atoms with Crippen molar-refractivity contribution in [1.29, 1.82) is 0 Å². The molecule has 10 rings (SSSR count). The lowest BCUT2D eigenvalue weighted by molar-refractivity contribution is 0.0988. The SMILES string of the molecule is CC(C)(Oc1cc(OC(C)(C)c2ccc(-c3ccc(F)cc3F)nc2)cc(-c2cc(F)cc(F)c2-c2cnc(-c3ccccc3)cc2-c2ccc(-c3ccccc3)cc2)c1)c1ccc(-c2ccc(F)cc2F)nc1. The molecule has 74 heavy (non-hydrogen) atoms. The van der Waals surface area contributed by atoms with Crippen LogP contribution in [0.3, 0.4) is 0 Å². The summed E-state index contributed by atoms with van der Waals surface area (Å²) in [5, 5.41) is 0. The Hall–Kier alpha value is -8.83. The Labute approximate surface area is 424 Å². The monoisotopic (exact) mass is 989 g/mol. The van der Waals surface area contributed by atoms with Crippen LogP contribution >= 0.6 is 0 Å². The van der Waals surface area contributed by atoms with Gasteiger partial charge in [-0.25, -0.2) is 26.3 Å². The highest BCUT2D eigenvalue weighted by Gasteiger charge is 2.29. The number of halogens is 6. The average Bonchev–Trinajstić information content (AvgIpc) is 3.39. The minimum Gasteiger partial charge on any atom is -0.483 e. The highest BCUT2D eigenvalue weighted by Crippen LogP contribution is 2.45. The van der Waals surface area contributed by atoms with Gasteiger partial charge in [0.05, 0.1) is 17.1 Å². The van der Waals surface area contributed by atoms with Crippen molar-refractivity contribution in [3.05, 3.63) is 247 Å². The molecule has 0 amide bonds. The van der Waals surface area contributed by atoms with E-state index < -0.39 is 46.1 Å². The predicted molar refractivity (Wildman–Crippen MR) is 278 cm³/mol. The molecule has 366 valence electrons. The largest absolute Gasteiger partial charge is 0.483 e. The van der Waals surface area contributed by atoms with E-state index >= 15 is 8.78 Å². The summed E-state index contributed by atoms with van der Waals surface area (Å²) in [6.07, 6.45) is 4.68. The summed E-state index contributed by atoms with van der Waals surface area (Å²) in [5.41, 5.74) is 5.62. The molecule has 0 aliphatic rings. The standard InChI is InChI=1S/C63H45F6N3O2/c1-62(2,43-19-25-58(70-35-43)50-23-21-45(64)30-55(50)67)73-48-27-42(28-49(33-48)74-63(3,4)44-20-26-59(71-36-44)51-24-22-46(65)31-56(51)68)53-29-47(66)32-57(69)61(53)54-37-72-60(41-13-9-6-10-14-41)34-52(54)40-17-15-39(16-18-40)38-11-7-5-8-12-38/h5-37H,1-4H3. The summed E-state index contributed by atoms with van der Waals surface area (Å²) in [7, 11) is 0. The molecule has 0 fully saturated rings. The van der Waals surface area contributed by atoms with Crippen LogP contribution in [0.5, 0.6) is 11.5 Å². The van der Waals surface area contributed by atoms with Crippen LogP contribution in [0, 0.1) is 34.9 Å². The molecular formula is C63H45F6N3O2. The Morgan fingerprint density at radius 3 is 1.30 bits per heavy atom. The van der Waals surface area contributed by atoms with E-state index in [-0.39, 0.29) is 45.1 Å². The van der Waals surface area contributed by atoms with Gasteiger partial charge < -0.3 is 9.47 Å². The third kappa shape index (κ3) is 10.3. The van der Waals surface area contributed by atoms with Crippen LogP contribution in [0.15, 0.2) is 201 Å². The third-order valence-corrected chi connectivity index (χ3v) is 12.9. The van der Waals surface area contributed by atoms with Crippen LogP contribution in [0.4, 0.5) is 26.3 Å². The third-order valence-electron chi connectivity index (χ3n) is 12.9. The van der Waals surface area contributed by atoms with E-state index in [2.05, 4.69) is 9.97 Å². The molecule has 0 saturated heterocycles. The van der Waals surface area contributed by atoms with E-state index in [4.69, 9.17) is 14.5 Å². The molecule has 0 spiro atoms. The lowest BCUT2D eigenvalue weighted by Crippen LogP contribution is -2.26. The minimum absolute atomic E-state index is 0.0721. The molecule has 0 unspecified atom stereocenters. The van der Waals surface area contributed by atoms with E-state index in [1.807, 2.05) is 91.0 Å². The van der Waals surface area contributed by atoms with Crippen LogP contribution in [0.1, 0.15) is 38.8 Å². The van der Waals surface area contributed by atoms with Crippen LogP contribution < -0.4 is 9.47 Å². The quantitative estimate of drug-likeness (QED) is 0.108. The molecule has 10 aromatic rings. The van der Waals surface area contributed by atoms with E-state index in [0.29, 0.717) is 33.5 Å². The summed E-state index contributed by atoms with van der Waals surface area (Å²) in [5.74, 6) is -4.10. The Morgan fingerprint density at radius 2 is 0.797 bits per heavy atom. The van der Waals surface area contributed by atoms with Gasteiger partial charge in [0.2, 0.25) is 0 Å². The number of benzene rings is 7. The lowest BCUT2D eigenvalue weighted by Gasteiger charge is -2.30. The van der Waals surface area contributed by atoms with Crippen molar-refractivity contribution in [3.8, 4) is 89.8 Å². The van der Waals surface area contributed by atoms with Crippen molar-refractivity contribution in [2.75, 3.05) is 0 Å². The van der Waals surface area contributed by atoms with Gasteiger partial charge in [-0.3, -0.25) is 15.0 Å². The number of aromatic nitrogens is 3. The first-order valence-corrected chi connectivity index (χ1v) is 23.7. The Balaban J connectivity index is 1.09. The number of pyridine rings is 3. The first-order valence-electron chi connectivity index (χ1n) is 23.7. The Kier molecular flexibility index (Phi) is 13.2. The summed E-state index contributed by atoms with van der Waals surface area (Å²) < 4.78 is 104. The van der Waals surface area contributed by atoms with Crippen molar-refractivity contribution < 1.29 is 35.8 Å². The number of ether oxygens (including phenoxy) is 2. The highest BCUT2D eigenvalue weighted by molar-refractivity contribution is 5.93. The fraction of sp³-hybridized carbons (Fsp3) is 0.0952. The molecule has 0 aliphatic heterocycles. The second-order valence-corrected chi connectivity index (χ2v) is 18.8. The van der Waals surface area contributed by atoms with Gasteiger partial charge in [-0.2, -0.15) is 0 Å². The second-order valence-electron chi connectivity index (χ2n) is 18.8. The molecular weight excluding hydrogens is 945 g/mol. The van der Waals surface area contributed by atoms with Gasteiger partial charge in [0.1, 0.15) is 57.6 Å². The highest BCUT2D eigenvalue weighted by atomic mass is 19.2. The van der Waals surface area contributed by atoms with Gasteiger partial charge in [-0.05, 0) is 122 Å². The van der Waals surface area contributed by atoms with Gasteiger partial charge in [0.25, 0.3) is 0 Å². The zero-order valence-corrected chi connectivity index (χ0v) is 40.5. The fourth-order valence-electron chi connectivity index (χ4n) is 8.97. The van der Waals surface area contributed by atoms with Gasteiger partial charge in [0, 0.05) is 81.8 Å². The van der Waals surface area contributed by atoms with E-state index in [0.717, 1.165) is 52.6 Å². The number of hydrogen-bond acceptors (Lipinski definition) is 5. The zero-order chi connectivity index (χ0) is 51.7. The van der Waals surface area contributed by atoms with E-state index in [9.17, 15) is 17.6 Å². The molecule has 5 nitrogen and oxygen atoms in total. The first kappa shape index (κ1) is 48.8. The second kappa shape index (κ2) is 20.0. The Morgan fingerprint density at radius 1 is 0.324 bits per heavy atom. The van der Waals surface area contributed by atoms with Crippen molar-refractivity contribution in [1.82, 2.24) is 15.0 Å². The van der Waals surface area contributed by atoms with Gasteiger partial charge >= 0.3 is 0 Å². The molecule has 0 atom stereocenters. The van der Waals surface area contributed by atoms with Crippen LogP contribution in [0.2, 0.25) is 0 Å². The minimum atomic E-state index is -1.13. The van der Waals surface area contributed by atoms with Crippen molar-refractivity contribution in [2.24, 2.45) is 0 Å². The molecule has 3 aromatic heterocycles. The molecule has 3 heterocycles. The summed E-state index contributed by atoms with van der Waals surface area (Å²) in [4.78, 5) is 13.8. The molecule has 7 aromatic carbocycles. The van der Waals surface area contributed by atoms with Crippen molar-refractivity contribution in [2.45, 2.75) is 38.9 Å². The molecule has 0 bridgehead atoms. The molecule has 0 N–H and O–H groups in total. The lowest BCUT2D eigenvalue weighted by atomic mass is 9.88. The normalized spacial score (nSPS) is 11.6. The topological polar surface area (TPSA) is 57.1 Å². The number of rotatable bonds is 13.